The Hall–Kier alpha value is -2.90. The minimum Gasteiger partial charge on any atom is -0.497 e. The van der Waals surface area contributed by atoms with Gasteiger partial charge in [-0.25, -0.2) is 4.98 Å². The summed E-state index contributed by atoms with van der Waals surface area (Å²) in [4.78, 5) is 25.3. The lowest BCUT2D eigenvalue weighted by molar-refractivity contribution is 0.0985. The second-order valence-corrected chi connectivity index (χ2v) is 9.93. The minimum atomic E-state index is -0.0750. The Morgan fingerprint density at radius 1 is 1.13 bits per heavy atom. The van der Waals surface area contributed by atoms with Crippen molar-refractivity contribution in [2.75, 3.05) is 12.0 Å². The number of ether oxygens (including phenoxy) is 1. The van der Waals surface area contributed by atoms with E-state index < -0.39 is 0 Å². The number of amides is 1. The van der Waals surface area contributed by atoms with Gasteiger partial charge in [0.25, 0.3) is 5.91 Å². The maximum atomic E-state index is 13.6. The molecule has 0 fully saturated rings. The van der Waals surface area contributed by atoms with Crippen LogP contribution in [0, 0.1) is 0 Å². The van der Waals surface area contributed by atoms with Gasteiger partial charge >= 0.3 is 0 Å². The molecule has 0 aliphatic carbocycles. The van der Waals surface area contributed by atoms with E-state index in [0.717, 1.165) is 26.4 Å². The van der Waals surface area contributed by atoms with Crippen molar-refractivity contribution < 1.29 is 9.53 Å². The molecule has 0 unspecified atom stereocenters. The second kappa shape index (κ2) is 9.49. The highest BCUT2D eigenvalue weighted by atomic mass is 32.2. The molecule has 0 radical (unpaired) electrons. The zero-order chi connectivity index (χ0) is 21.8. The summed E-state index contributed by atoms with van der Waals surface area (Å²) in [5.41, 5.74) is 2.49. The van der Waals surface area contributed by atoms with Crippen LogP contribution in [0.15, 0.2) is 71.9 Å². The molecule has 4 rings (SSSR count). The Balaban J connectivity index is 1.73. The Morgan fingerprint density at radius 3 is 2.68 bits per heavy atom. The number of pyridine rings is 1. The van der Waals surface area contributed by atoms with Crippen molar-refractivity contribution in [3.8, 4) is 5.75 Å². The molecule has 0 saturated heterocycles. The highest BCUT2D eigenvalue weighted by molar-refractivity contribution is 7.99. The fourth-order valence-corrected chi connectivity index (χ4v) is 5.05. The summed E-state index contributed by atoms with van der Waals surface area (Å²) in [5.74, 6) is 0.696. The molecule has 1 amide bonds. The topological polar surface area (TPSA) is 55.3 Å². The molecule has 0 aliphatic rings. The molecular weight excluding hydrogens is 426 g/mol. The standard InChI is InChI=1S/C24H23N3O2S2/c1-16(2)30-20-6-4-5-18(13-20)23(28)27(15-17-9-11-25-12-10-17)24-26-21-8-7-19(29-3)14-22(21)31-24/h4-14,16H,15H2,1-3H3. The van der Waals surface area contributed by atoms with Crippen molar-refractivity contribution in [2.45, 2.75) is 30.5 Å². The van der Waals surface area contributed by atoms with Crippen LogP contribution < -0.4 is 9.64 Å². The zero-order valence-electron chi connectivity index (χ0n) is 17.6. The Labute approximate surface area is 190 Å². The lowest BCUT2D eigenvalue weighted by Crippen LogP contribution is -2.30. The monoisotopic (exact) mass is 449 g/mol. The van der Waals surface area contributed by atoms with Crippen LogP contribution in [-0.2, 0) is 6.54 Å². The smallest absolute Gasteiger partial charge is 0.260 e. The summed E-state index contributed by atoms with van der Waals surface area (Å²) < 4.78 is 6.32. The molecule has 0 atom stereocenters. The first-order valence-corrected chi connectivity index (χ1v) is 11.6. The summed E-state index contributed by atoms with van der Waals surface area (Å²) in [6, 6.07) is 17.4. The van der Waals surface area contributed by atoms with Crippen LogP contribution in [0.3, 0.4) is 0 Å². The Morgan fingerprint density at radius 2 is 1.94 bits per heavy atom. The predicted octanol–water partition coefficient (Wildman–Crippen LogP) is 6.05. The zero-order valence-corrected chi connectivity index (χ0v) is 19.2. The number of carbonyl (C=O) groups excluding carboxylic acids is 1. The SMILES string of the molecule is COc1ccc2nc(N(Cc3ccncc3)C(=O)c3cccc(SC(C)C)c3)sc2c1. The molecule has 158 valence electrons. The van der Waals surface area contributed by atoms with Gasteiger partial charge in [-0.05, 0) is 54.1 Å². The van der Waals surface area contributed by atoms with E-state index in [1.165, 1.54) is 11.3 Å². The number of aromatic nitrogens is 2. The normalized spacial score (nSPS) is 11.1. The van der Waals surface area contributed by atoms with Crippen LogP contribution in [0.25, 0.3) is 10.2 Å². The van der Waals surface area contributed by atoms with E-state index in [0.29, 0.717) is 22.5 Å². The first kappa shape index (κ1) is 21.3. The highest BCUT2D eigenvalue weighted by Gasteiger charge is 2.22. The predicted molar refractivity (Wildman–Crippen MR) is 128 cm³/mol. The number of hydrogen-bond acceptors (Lipinski definition) is 6. The van der Waals surface area contributed by atoms with Crippen molar-refractivity contribution >= 4 is 44.4 Å². The maximum Gasteiger partial charge on any atom is 0.260 e. The number of rotatable bonds is 7. The summed E-state index contributed by atoms with van der Waals surface area (Å²) in [5, 5.41) is 1.10. The molecule has 5 nitrogen and oxygen atoms in total. The molecule has 0 bridgehead atoms. The van der Waals surface area contributed by atoms with E-state index in [1.807, 2.05) is 54.6 Å². The van der Waals surface area contributed by atoms with Gasteiger partial charge in [-0.1, -0.05) is 31.3 Å². The van der Waals surface area contributed by atoms with Crippen molar-refractivity contribution in [3.63, 3.8) is 0 Å². The van der Waals surface area contributed by atoms with Gasteiger partial charge in [-0.3, -0.25) is 14.7 Å². The van der Waals surface area contributed by atoms with Crippen LogP contribution in [0.2, 0.25) is 0 Å². The van der Waals surface area contributed by atoms with E-state index in [1.54, 1.807) is 36.2 Å². The molecule has 4 aromatic rings. The number of fused-ring (bicyclic) bond motifs is 1. The molecule has 0 saturated carbocycles. The summed E-state index contributed by atoms with van der Waals surface area (Å²) in [6.07, 6.45) is 3.47. The van der Waals surface area contributed by atoms with Crippen molar-refractivity contribution in [2.24, 2.45) is 0 Å². The van der Waals surface area contributed by atoms with Gasteiger partial charge in [-0.2, -0.15) is 0 Å². The number of anilines is 1. The number of thioether (sulfide) groups is 1. The van der Waals surface area contributed by atoms with Gasteiger partial charge in [0, 0.05) is 28.1 Å². The lowest BCUT2D eigenvalue weighted by atomic mass is 10.2. The van der Waals surface area contributed by atoms with Crippen molar-refractivity contribution in [1.29, 1.82) is 0 Å². The van der Waals surface area contributed by atoms with Crippen LogP contribution in [0.1, 0.15) is 29.8 Å². The first-order valence-electron chi connectivity index (χ1n) is 9.95. The van der Waals surface area contributed by atoms with E-state index in [9.17, 15) is 4.79 Å². The number of nitrogens with zero attached hydrogens (tertiary/aromatic N) is 3. The molecule has 0 N–H and O–H groups in total. The number of benzene rings is 2. The third kappa shape index (κ3) is 5.06. The molecule has 2 heterocycles. The molecule has 0 spiro atoms. The number of methoxy groups -OCH3 is 1. The van der Waals surface area contributed by atoms with Crippen molar-refractivity contribution in [3.05, 3.63) is 78.1 Å². The van der Waals surface area contributed by atoms with Gasteiger partial charge in [0.05, 0.1) is 23.9 Å². The first-order chi connectivity index (χ1) is 15.0. The lowest BCUT2D eigenvalue weighted by Gasteiger charge is -2.20. The fourth-order valence-electron chi connectivity index (χ4n) is 3.16. The Bertz CT molecular complexity index is 1190. The fraction of sp³-hybridized carbons (Fsp3) is 0.208. The number of hydrogen-bond donors (Lipinski definition) is 0. The average molecular weight is 450 g/mol. The van der Waals surface area contributed by atoms with Gasteiger partial charge < -0.3 is 4.74 Å². The van der Waals surface area contributed by atoms with Crippen LogP contribution in [0.4, 0.5) is 5.13 Å². The van der Waals surface area contributed by atoms with Gasteiger partial charge in [0.2, 0.25) is 0 Å². The number of thiazole rings is 1. The average Bonchev–Trinajstić information content (AvgIpc) is 3.20. The summed E-state index contributed by atoms with van der Waals surface area (Å²) in [7, 11) is 1.64. The number of carbonyl (C=O) groups is 1. The van der Waals surface area contributed by atoms with Crippen LogP contribution >= 0.6 is 23.1 Å². The van der Waals surface area contributed by atoms with Gasteiger partial charge in [-0.15, -0.1) is 11.8 Å². The summed E-state index contributed by atoms with van der Waals surface area (Å²) in [6.45, 7) is 4.70. The Kier molecular flexibility index (Phi) is 6.53. The minimum absolute atomic E-state index is 0.0750. The van der Waals surface area contributed by atoms with E-state index >= 15 is 0 Å². The van der Waals surface area contributed by atoms with Crippen LogP contribution in [0.5, 0.6) is 5.75 Å². The summed E-state index contributed by atoms with van der Waals surface area (Å²) >= 11 is 3.23. The van der Waals surface area contributed by atoms with E-state index in [2.05, 4.69) is 18.8 Å². The van der Waals surface area contributed by atoms with Gasteiger partial charge in [0.1, 0.15) is 5.75 Å². The van der Waals surface area contributed by atoms with Gasteiger partial charge in [0.15, 0.2) is 5.13 Å². The third-order valence-electron chi connectivity index (χ3n) is 4.60. The highest BCUT2D eigenvalue weighted by Crippen LogP contribution is 2.33. The molecule has 7 heteroatoms. The second-order valence-electron chi connectivity index (χ2n) is 7.27. The third-order valence-corrected chi connectivity index (χ3v) is 6.64. The maximum absolute atomic E-state index is 13.6. The van der Waals surface area contributed by atoms with E-state index in [4.69, 9.17) is 9.72 Å². The quantitative estimate of drug-likeness (QED) is 0.322. The molecule has 0 aliphatic heterocycles. The largest absolute Gasteiger partial charge is 0.497 e. The van der Waals surface area contributed by atoms with Crippen LogP contribution in [-0.4, -0.2) is 28.2 Å². The molecular formula is C24H23N3O2S2. The molecule has 31 heavy (non-hydrogen) atoms. The molecule has 2 aromatic carbocycles. The van der Waals surface area contributed by atoms with Crippen molar-refractivity contribution in [1.82, 2.24) is 9.97 Å². The molecule has 2 aromatic heterocycles. The van der Waals surface area contributed by atoms with E-state index in [-0.39, 0.29) is 5.91 Å².